The third-order valence-corrected chi connectivity index (χ3v) is 6.41. The molecular formula is C25H30O5. The molecule has 4 N–H and O–H groups in total. The van der Waals surface area contributed by atoms with Gasteiger partial charge in [0.05, 0.1) is 12.7 Å². The van der Waals surface area contributed by atoms with Crippen molar-refractivity contribution in [1.29, 1.82) is 0 Å². The molecule has 0 bridgehead atoms. The summed E-state index contributed by atoms with van der Waals surface area (Å²) in [5, 5.41) is 40.5. The Labute approximate surface area is 177 Å². The van der Waals surface area contributed by atoms with Crippen molar-refractivity contribution in [1.82, 2.24) is 0 Å². The number of ether oxygens (including phenoxy) is 1. The summed E-state index contributed by atoms with van der Waals surface area (Å²) in [7, 11) is 0. The van der Waals surface area contributed by atoms with Gasteiger partial charge < -0.3 is 25.2 Å². The van der Waals surface area contributed by atoms with Gasteiger partial charge in [-0.2, -0.15) is 0 Å². The monoisotopic (exact) mass is 410 g/mol. The van der Waals surface area contributed by atoms with E-state index in [0.29, 0.717) is 6.42 Å². The van der Waals surface area contributed by atoms with Gasteiger partial charge in [0.15, 0.2) is 0 Å². The predicted molar refractivity (Wildman–Crippen MR) is 115 cm³/mol. The van der Waals surface area contributed by atoms with Crippen LogP contribution in [-0.4, -0.2) is 57.6 Å². The molecule has 160 valence electrons. The van der Waals surface area contributed by atoms with E-state index in [-0.39, 0.29) is 5.92 Å². The van der Waals surface area contributed by atoms with E-state index >= 15 is 0 Å². The normalized spacial score (nSPS) is 31.2. The molecule has 1 saturated heterocycles. The second-order valence-corrected chi connectivity index (χ2v) is 8.36. The predicted octanol–water partition coefficient (Wildman–Crippen LogP) is 1.89. The number of fused-ring (bicyclic) bond motifs is 1. The Morgan fingerprint density at radius 2 is 1.60 bits per heavy atom. The average molecular weight is 411 g/mol. The fourth-order valence-corrected chi connectivity index (χ4v) is 4.63. The summed E-state index contributed by atoms with van der Waals surface area (Å²) < 4.78 is 5.86. The van der Waals surface area contributed by atoms with Crippen LogP contribution in [0.4, 0.5) is 0 Å². The lowest BCUT2D eigenvalue weighted by Gasteiger charge is -2.43. The highest BCUT2D eigenvalue weighted by atomic mass is 16.5. The Bertz CT molecular complexity index is 889. The van der Waals surface area contributed by atoms with E-state index in [2.05, 4.69) is 49.4 Å². The lowest BCUT2D eigenvalue weighted by atomic mass is 9.77. The minimum absolute atomic E-state index is 0.170. The van der Waals surface area contributed by atoms with Gasteiger partial charge in [-0.25, -0.2) is 0 Å². The van der Waals surface area contributed by atoms with Gasteiger partial charge in [0, 0.05) is 5.92 Å². The highest BCUT2D eigenvalue weighted by molar-refractivity contribution is 5.72. The Morgan fingerprint density at radius 1 is 0.900 bits per heavy atom. The standard InChI is InChI=1S/C25H30O5/c1-2-15-7-9-16(10-8-15)11-18-13-19(12-17-5-3-4-6-20(17)18)25-24(29)23(28)22(27)21(14-26)30-25/h3-10,13,19,21-29H,2,11-12,14H2,1H3. The maximum atomic E-state index is 10.6. The van der Waals surface area contributed by atoms with Crippen LogP contribution in [0.2, 0.25) is 0 Å². The number of aliphatic hydroxyl groups is 4. The topological polar surface area (TPSA) is 90.2 Å². The molecular weight excluding hydrogens is 380 g/mol. The summed E-state index contributed by atoms with van der Waals surface area (Å²) in [6, 6.07) is 16.8. The van der Waals surface area contributed by atoms with Gasteiger partial charge in [0.1, 0.15) is 24.4 Å². The van der Waals surface area contributed by atoms with Gasteiger partial charge in [-0.1, -0.05) is 61.5 Å². The van der Waals surface area contributed by atoms with Crippen molar-refractivity contribution in [3.05, 3.63) is 76.9 Å². The van der Waals surface area contributed by atoms with Gasteiger partial charge in [-0.05, 0) is 47.1 Å². The van der Waals surface area contributed by atoms with Crippen LogP contribution >= 0.6 is 0 Å². The molecule has 1 fully saturated rings. The van der Waals surface area contributed by atoms with E-state index in [1.54, 1.807) is 0 Å². The second-order valence-electron chi connectivity index (χ2n) is 8.36. The molecule has 6 unspecified atom stereocenters. The molecule has 6 atom stereocenters. The molecule has 0 aromatic heterocycles. The number of hydrogen-bond acceptors (Lipinski definition) is 5. The Kier molecular flexibility index (Phi) is 6.37. The quantitative estimate of drug-likeness (QED) is 0.605. The number of aryl methyl sites for hydroxylation is 1. The van der Waals surface area contributed by atoms with Gasteiger partial charge in [0.25, 0.3) is 0 Å². The molecule has 2 aromatic rings. The van der Waals surface area contributed by atoms with Crippen LogP contribution < -0.4 is 0 Å². The molecule has 1 heterocycles. The first-order valence-electron chi connectivity index (χ1n) is 10.7. The first kappa shape index (κ1) is 21.2. The molecule has 30 heavy (non-hydrogen) atoms. The van der Waals surface area contributed by atoms with Gasteiger partial charge in [-0.3, -0.25) is 0 Å². The minimum Gasteiger partial charge on any atom is -0.394 e. The van der Waals surface area contributed by atoms with E-state index < -0.39 is 37.1 Å². The number of allylic oxidation sites excluding steroid dienone is 1. The lowest BCUT2D eigenvalue weighted by Crippen LogP contribution is -2.60. The van der Waals surface area contributed by atoms with Crippen molar-refractivity contribution in [2.75, 3.05) is 6.61 Å². The fourth-order valence-electron chi connectivity index (χ4n) is 4.63. The molecule has 2 aromatic carbocycles. The van der Waals surface area contributed by atoms with Crippen molar-refractivity contribution in [2.45, 2.75) is 56.7 Å². The second kappa shape index (κ2) is 9.00. The molecule has 2 aliphatic rings. The summed E-state index contributed by atoms with van der Waals surface area (Å²) in [6.45, 7) is 1.73. The maximum Gasteiger partial charge on any atom is 0.111 e. The largest absolute Gasteiger partial charge is 0.394 e. The summed E-state index contributed by atoms with van der Waals surface area (Å²) in [6.07, 6.45) is -0.941. The molecule has 0 radical (unpaired) electrons. The third kappa shape index (κ3) is 4.09. The van der Waals surface area contributed by atoms with Gasteiger partial charge in [-0.15, -0.1) is 0 Å². The molecule has 0 amide bonds. The van der Waals surface area contributed by atoms with Gasteiger partial charge >= 0.3 is 0 Å². The molecule has 1 aliphatic carbocycles. The summed E-state index contributed by atoms with van der Waals surface area (Å²) in [5.74, 6) is -0.170. The first-order valence-corrected chi connectivity index (χ1v) is 10.7. The summed E-state index contributed by atoms with van der Waals surface area (Å²) >= 11 is 0. The maximum absolute atomic E-state index is 10.6. The Hall–Kier alpha value is -2.02. The van der Waals surface area contributed by atoms with Gasteiger partial charge in [0.2, 0.25) is 0 Å². The number of hydrogen-bond donors (Lipinski definition) is 4. The van der Waals surface area contributed by atoms with Crippen LogP contribution in [0.3, 0.4) is 0 Å². The average Bonchev–Trinajstić information content (AvgIpc) is 2.78. The highest BCUT2D eigenvalue weighted by Crippen LogP contribution is 2.37. The SMILES string of the molecule is CCc1ccc(CC2=CC(C3OC(CO)C(O)C(O)C3O)Cc3ccccc32)cc1. The zero-order valence-electron chi connectivity index (χ0n) is 17.2. The van der Waals surface area contributed by atoms with E-state index in [0.717, 1.165) is 18.4 Å². The zero-order chi connectivity index (χ0) is 21.3. The van der Waals surface area contributed by atoms with Crippen LogP contribution in [0.1, 0.15) is 29.2 Å². The van der Waals surface area contributed by atoms with E-state index in [1.165, 1.54) is 22.3 Å². The number of aliphatic hydroxyl groups excluding tert-OH is 4. The van der Waals surface area contributed by atoms with Crippen LogP contribution in [0, 0.1) is 5.92 Å². The minimum atomic E-state index is -1.35. The van der Waals surface area contributed by atoms with Crippen molar-refractivity contribution in [2.24, 2.45) is 5.92 Å². The molecule has 0 spiro atoms. The van der Waals surface area contributed by atoms with Crippen molar-refractivity contribution < 1.29 is 25.2 Å². The van der Waals surface area contributed by atoms with Crippen molar-refractivity contribution in [3.8, 4) is 0 Å². The number of benzene rings is 2. The Balaban J connectivity index is 1.65. The molecule has 1 aliphatic heterocycles. The molecule has 5 nitrogen and oxygen atoms in total. The van der Waals surface area contributed by atoms with Crippen LogP contribution in [0.15, 0.2) is 54.6 Å². The molecule has 0 saturated carbocycles. The molecule has 4 rings (SSSR count). The lowest BCUT2D eigenvalue weighted by molar-refractivity contribution is -0.237. The number of rotatable bonds is 5. The molecule has 5 heteroatoms. The van der Waals surface area contributed by atoms with Crippen molar-refractivity contribution in [3.63, 3.8) is 0 Å². The fraction of sp³-hybridized carbons (Fsp3) is 0.440. The van der Waals surface area contributed by atoms with Crippen LogP contribution in [0.25, 0.3) is 5.57 Å². The zero-order valence-corrected chi connectivity index (χ0v) is 17.2. The highest BCUT2D eigenvalue weighted by Gasteiger charge is 2.46. The van der Waals surface area contributed by atoms with E-state index in [4.69, 9.17) is 4.74 Å². The smallest absolute Gasteiger partial charge is 0.111 e. The summed E-state index contributed by atoms with van der Waals surface area (Å²) in [5.41, 5.74) is 6.03. The third-order valence-electron chi connectivity index (χ3n) is 6.41. The van der Waals surface area contributed by atoms with Crippen LogP contribution in [0.5, 0.6) is 0 Å². The van der Waals surface area contributed by atoms with E-state index in [1.807, 2.05) is 12.1 Å². The van der Waals surface area contributed by atoms with E-state index in [9.17, 15) is 20.4 Å². The first-order chi connectivity index (χ1) is 14.5. The van der Waals surface area contributed by atoms with Crippen molar-refractivity contribution >= 4 is 5.57 Å². The summed E-state index contributed by atoms with van der Waals surface area (Å²) in [4.78, 5) is 0. The van der Waals surface area contributed by atoms with Crippen LogP contribution in [-0.2, 0) is 24.0 Å². The Morgan fingerprint density at radius 3 is 2.30 bits per heavy atom.